The van der Waals surface area contributed by atoms with Crippen LogP contribution in [0.1, 0.15) is 81.5 Å². The van der Waals surface area contributed by atoms with E-state index in [9.17, 15) is 19.2 Å². The summed E-state index contributed by atoms with van der Waals surface area (Å²) in [5.74, 6) is -2.06. The van der Waals surface area contributed by atoms with Crippen molar-refractivity contribution in [3.8, 4) is 0 Å². The number of halogens is 1. The molecule has 0 aliphatic carbocycles. The number of nitrogens with one attached hydrogen (secondary N) is 3. The summed E-state index contributed by atoms with van der Waals surface area (Å²) in [6.07, 6.45) is 2.80. The summed E-state index contributed by atoms with van der Waals surface area (Å²) in [5.41, 5.74) is 8.36. The molecule has 0 aliphatic rings. The molecule has 0 aliphatic heterocycles. The smallest absolute Gasteiger partial charge is 0.243 e. The molecule has 11 heteroatoms. The van der Waals surface area contributed by atoms with E-state index in [1.54, 1.807) is 19.1 Å². The zero-order valence-corrected chi connectivity index (χ0v) is 30.6. The molecule has 3 amide bonds. The third-order valence-corrected chi connectivity index (χ3v) is 10.3. The van der Waals surface area contributed by atoms with Crippen molar-refractivity contribution in [3.05, 3.63) is 100 Å². The number of nitrogens with zero attached hydrogens (tertiary/aromatic N) is 1. The lowest BCUT2D eigenvalue weighted by Crippen LogP contribution is -2.54. The molecular weight excluding hydrogens is 670 g/mol. The van der Waals surface area contributed by atoms with Crippen LogP contribution in [0, 0.1) is 11.8 Å². The molecule has 0 saturated heterocycles. The fourth-order valence-electron chi connectivity index (χ4n) is 5.89. The number of carbonyl (C=O) groups is 4. The molecular formula is C39H48ClN5O4S. The third kappa shape index (κ3) is 10.9. The van der Waals surface area contributed by atoms with Gasteiger partial charge in [-0.2, -0.15) is 0 Å². The van der Waals surface area contributed by atoms with Gasteiger partial charge in [0.2, 0.25) is 17.7 Å². The first-order valence-electron chi connectivity index (χ1n) is 17.4. The van der Waals surface area contributed by atoms with Gasteiger partial charge in [0, 0.05) is 30.2 Å². The normalized spacial score (nSPS) is 13.7. The number of Topliss-reactive ketones (excluding diaryl/α,β-unsaturated/α-hetero) is 1. The predicted molar refractivity (Wildman–Crippen MR) is 201 cm³/mol. The van der Waals surface area contributed by atoms with Crippen LogP contribution in [-0.4, -0.2) is 47.1 Å². The molecule has 0 spiro atoms. The fourth-order valence-corrected chi connectivity index (χ4v) is 7.05. The monoisotopic (exact) mass is 717 g/mol. The summed E-state index contributed by atoms with van der Waals surface area (Å²) in [4.78, 5) is 59.2. The SMILES string of the molecule is CCC(=O)N[C@@H](Cc1nc2cc(Cl)ccc2s1)C(=O)N[C@H](C(=O)C[C@@H](CCCCN)C(=O)NC(c1ccccc1)c1ccccc1)[C@@H](C)CC. The molecule has 0 bridgehead atoms. The van der Waals surface area contributed by atoms with Gasteiger partial charge in [-0.05, 0) is 54.6 Å². The number of hydrogen-bond acceptors (Lipinski definition) is 7. The Morgan fingerprint density at radius 3 is 2.12 bits per heavy atom. The second kappa shape index (κ2) is 19.3. The molecule has 4 aromatic rings. The van der Waals surface area contributed by atoms with Gasteiger partial charge in [-0.15, -0.1) is 11.3 Å². The molecule has 1 heterocycles. The molecule has 1 aromatic heterocycles. The van der Waals surface area contributed by atoms with Crippen molar-refractivity contribution >= 4 is 56.7 Å². The lowest BCUT2D eigenvalue weighted by molar-refractivity contribution is -0.134. The topological polar surface area (TPSA) is 143 Å². The Bertz CT molecular complexity index is 1680. The Balaban J connectivity index is 1.55. The van der Waals surface area contributed by atoms with Gasteiger partial charge in [-0.3, -0.25) is 19.2 Å². The maximum Gasteiger partial charge on any atom is 0.243 e. The van der Waals surface area contributed by atoms with Crippen LogP contribution in [0.5, 0.6) is 0 Å². The van der Waals surface area contributed by atoms with Gasteiger partial charge in [-0.25, -0.2) is 4.98 Å². The number of amides is 3. The van der Waals surface area contributed by atoms with Crippen LogP contribution in [0.2, 0.25) is 5.02 Å². The van der Waals surface area contributed by atoms with Crippen LogP contribution in [-0.2, 0) is 25.6 Å². The van der Waals surface area contributed by atoms with Crippen molar-refractivity contribution in [3.63, 3.8) is 0 Å². The summed E-state index contributed by atoms with van der Waals surface area (Å²) in [5, 5.41) is 10.2. The summed E-state index contributed by atoms with van der Waals surface area (Å²) < 4.78 is 0.916. The molecule has 5 N–H and O–H groups in total. The van der Waals surface area contributed by atoms with Crippen molar-refractivity contribution in [2.75, 3.05) is 6.54 Å². The first-order chi connectivity index (χ1) is 24.1. The number of ketones is 1. The minimum atomic E-state index is -0.945. The Morgan fingerprint density at radius 1 is 0.860 bits per heavy atom. The molecule has 0 unspecified atom stereocenters. The first-order valence-corrected chi connectivity index (χ1v) is 18.6. The van der Waals surface area contributed by atoms with Crippen LogP contribution < -0.4 is 21.7 Å². The molecule has 0 fully saturated rings. The number of rotatable bonds is 19. The van der Waals surface area contributed by atoms with Gasteiger partial charge in [0.25, 0.3) is 0 Å². The highest BCUT2D eigenvalue weighted by atomic mass is 35.5. The minimum absolute atomic E-state index is 0.0490. The van der Waals surface area contributed by atoms with E-state index in [0.29, 0.717) is 41.4 Å². The maximum atomic E-state index is 14.1. The van der Waals surface area contributed by atoms with Crippen LogP contribution in [0.4, 0.5) is 0 Å². The van der Waals surface area contributed by atoms with E-state index in [1.807, 2.05) is 80.6 Å². The van der Waals surface area contributed by atoms with E-state index in [2.05, 4.69) is 20.9 Å². The molecule has 9 nitrogen and oxygen atoms in total. The zero-order chi connectivity index (χ0) is 36.0. The predicted octanol–water partition coefficient (Wildman–Crippen LogP) is 6.53. The Morgan fingerprint density at radius 2 is 1.52 bits per heavy atom. The molecule has 266 valence electrons. The van der Waals surface area contributed by atoms with Crippen molar-refractivity contribution in [2.24, 2.45) is 17.6 Å². The standard InChI is InChI=1S/C39H48ClN5O4S/c1-4-25(3)36(44-39(49)31(42-34(47)5-2)24-35-43-30-23-29(40)19-20-33(30)50-35)32(46)22-28(18-12-13-21-41)38(48)45-37(26-14-8-6-9-15-26)27-16-10-7-11-17-27/h6-11,14-17,19-20,23,25,28,31,36-37H,4-5,12-13,18,21-22,24,41H2,1-3H3,(H,42,47)(H,44,49)(H,45,48)/t25-,28+,31-,36-/m0/s1. The van der Waals surface area contributed by atoms with Crippen molar-refractivity contribution < 1.29 is 19.2 Å². The summed E-state index contributed by atoms with van der Waals surface area (Å²) in [6, 6.07) is 22.7. The van der Waals surface area contributed by atoms with Gasteiger partial charge in [0.05, 0.1) is 27.3 Å². The first kappa shape index (κ1) is 38.7. The van der Waals surface area contributed by atoms with Gasteiger partial charge >= 0.3 is 0 Å². The molecule has 50 heavy (non-hydrogen) atoms. The number of aromatic nitrogens is 1. The summed E-state index contributed by atoms with van der Waals surface area (Å²) in [6.45, 7) is 6.06. The number of hydrogen-bond donors (Lipinski definition) is 4. The van der Waals surface area contributed by atoms with E-state index in [0.717, 1.165) is 22.2 Å². The highest BCUT2D eigenvalue weighted by Crippen LogP contribution is 2.27. The second-order valence-corrected chi connectivity index (χ2v) is 14.2. The van der Waals surface area contributed by atoms with Gasteiger partial charge in [0.1, 0.15) is 6.04 Å². The Labute approximate surface area is 303 Å². The van der Waals surface area contributed by atoms with Crippen LogP contribution in [0.3, 0.4) is 0 Å². The molecule has 3 aromatic carbocycles. The van der Waals surface area contributed by atoms with Crippen LogP contribution in [0.25, 0.3) is 10.2 Å². The van der Waals surface area contributed by atoms with Gasteiger partial charge in [0.15, 0.2) is 5.78 Å². The van der Waals surface area contributed by atoms with E-state index >= 15 is 0 Å². The Kier molecular flexibility index (Phi) is 14.9. The van der Waals surface area contributed by atoms with E-state index < -0.39 is 30.0 Å². The largest absolute Gasteiger partial charge is 0.345 e. The number of benzene rings is 3. The fraction of sp³-hybridized carbons (Fsp3) is 0.410. The summed E-state index contributed by atoms with van der Waals surface area (Å²) >= 11 is 7.58. The van der Waals surface area contributed by atoms with Crippen molar-refractivity contribution in [1.82, 2.24) is 20.9 Å². The zero-order valence-electron chi connectivity index (χ0n) is 29.0. The quantitative estimate of drug-likeness (QED) is 0.0813. The van der Waals surface area contributed by atoms with Crippen LogP contribution in [0.15, 0.2) is 78.9 Å². The molecule has 0 saturated carbocycles. The van der Waals surface area contributed by atoms with Crippen LogP contribution >= 0.6 is 22.9 Å². The number of nitrogens with two attached hydrogens (primary N) is 1. The Hall–Kier alpha value is -4.12. The number of fused-ring (bicyclic) bond motifs is 1. The second-order valence-electron chi connectivity index (χ2n) is 12.7. The highest BCUT2D eigenvalue weighted by molar-refractivity contribution is 7.18. The number of carbonyl (C=O) groups excluding carboxylic acids is 4. The van der Waals surface area contributed by atoms with E-state index in [-0.39, 0.29) is 42.8 Å². The lowest BCUT2D eigenvalue weighted by Gasteiger charge is -2.28. The van der Waals surface area contributed by atoms with E-state index in [1.165, 1.54) is 11.3 Å². The number of thiazole rings is 1. The highest BCUT2D eigenvalue weighted by Gasteiger charge is 2.33. The average molecular weight is 718 g/mol. The average Bonchev–Trinajstić information content (AvgIpc) is 3.53. The van der Waals surface area contributed by atoms with E-state index in [4.69, 9.17) is 17.3 Å². The molecule has 0 radical (unpaired) electrons. The minimum Gasteiger partial charge on any atom is -0.345 e. The molecule has 4 atom stereocenters. The van der Waals surface area contributed by atoms with Gasteiger partial charge in [-0.1, -0.05) is 106 Å². The molecule has 4 rings (SSSR count). The van der Waals surface area contributed by atoms with Crippen molar-refractivity contribution in [2.45, 2.75) is 83.8 Å². The maximum absolute atomic E-state index is 14.1. The lowest BCUT2D eigenvalue weighted by atomic mass is 9.87. The van der Waals surface area contributed by atoms with Crippen molar-refractivity contribution in [1.29, 1.82) is 0 Å². The number of unbranched alkanes of at least 4 members (excludes halogenated alkanes) is 1. The third-order valence-electron chi connectivity index (χ3n) is 8.98. The summed E-state index contributed by atoms with van der Waals surface area (Å²) in [7, 11) is 0. The van der Waals surface area contributed by atoms with Gasteiger partial charge < -0.3 is 21.7 Å².